The van der Waals surface area contributed by atoms with Crippen LogP contribution in [0.2, 0.25) is 0 Å². The second-order valence-electron chi connectivity index (χ2n) is 7.57. The fraction of sp³-hybridized carbons (Fsp3) is 0.737. The zero-order chi connectivity index (χ0) is 19.3. The predicted molar refractivity (Wildman–Crippen MR) is 108 cm³/mol. The molecule has 1 aromatic heterocycles. The van der Waals surface area contributed by atoms with Gasteiger partial charge in [-0.2, -0.15) is 13.2 Å². The Labute approximate surface area is 173 Å². The number of rotatable bonds is 6. The largest absolute Gasteiger partial charge is 0.419 e. The summed E-state index contributed by atoms with van der Waals surface area (Å²) in [5.41, 5.74) is -0.624. The van der Waals surface area contributed by atoms with Gasteiger partial charge >= 0.3 is 6.18 Å². The average Bonchev–Trinajstić information content (AvgIpc) is 2.67. The van der Waals surface area contributed by atoms with E-state index < -0.39 is 11.7 Å². The Hall–Kier alpha value is -0.610. The standard InChI is InChI=1S/C19H27F3IN3O/c20-19(21,22)17-7-3-9-24-18(17)26-11-4-5-15(14-26)13-25-10-2-1-6-16(25)8-12-27-23/h3,7,9,15-16H,1-2,4-6,8,10-14H2/t15-,16-/m0/s1. The molecular formula is C19H27F3IN3O. The molecule has 3 heterocycles. The SMILES string of the molecule is FC(F)(F)c1cccnc1N1CCC[C@@H](CN2CCCC[C@H]2CCOI)C1. The molecule has 152 valence electrons. The van der Waals surface area contributed by atoms with Gasteiger partial charge in [-0.3, -0.25) is 4.90 Å². The molecule has 3 rings (SSSR count). The lowest BCUT2D eigenvalue weighted by Crippen LogP contribution is -2.47. The second kappa shape index (κ2) is 9.73. The monoisotopic (exact) mass is 497 g/mol. The molecule has 0 spiro atoms. The quantitative estimate of drug-likeness (QED) is 0.522. The first-order valence-electron chi connectivity index (χ1n) is 9.74. The van der Waals surface area contributed by atoms with E-state index in [1.165, 1.54) is 31.5 Å². The molecule has 0 amide bonds. The Morgan fingerprint density at radius 1 is 1.19 bits per heavy atom. The first-order chi connectivity index (χ1) is 13.0. The number of alkyl halides is 3. The van der Waals surface area contributed by atoms with Crippen LogP contribution in [-0.4, -0.2) is 48.7 Å². The highest BCUT2D eigenvalue weighted by atomic mass is 127. The molecule has 27 heavy (non-hydrogen) atoms. The van der Waals surface area contributed by atoms with Crippen LogP contribution in [0.25, 0.3) is 0 Å². The van der Waals surface area contributed by atoms with Crippen LogP contribution in [0.5, 0.6) is 0 Å². The van der Waals surface area contributed by atoms with Crippen molar-refractivity contribution in [1.29, 1.82) is 0 Å². The topological polar surface area (TPSA) is 28.6 Å². The third-order valence-corrected chi connectivity index (χ3v) is 6.12. The van der Waals surface area contributed by atoms with Crippen LogP contribution in [0.15, 0.2) is 18.3 Å². The number of hydrogen-bond donors (Lipinski definition) is 0. The van der Waals surface area contributed by atoms with E-state index in [1.807, 2.05) is 27.9 Å². The minimum Gasteiger partial charge on any atom is -0.356 e. The highest BCUT2D eigenvalue weighted by Gasteiger charge is 2.37. The van der Waals surface area contributed by atoms with Gasteiger partial charge in [0.15, 0.2) is 0 Å². The zero-order valence-corrected chi connectivity index (χ0v) is 17.6. The summed E-state index contributed by atoms with van der Waals surface area (Å²) in [6, 6.07) is 3.03. The molecule has 0 saturated carbocycles. The van der Waals surface area contributed by atoms with Crippen molar-refractivity contribution in [2.75, 3.05) is 37.7 Å². The molecule has 0 bridgehead atoms. The summed E-state index contributed by atoms with van der Waals surface area (Å²) in [5, 5.41) is 0. The van der Waals surface area contributed by atoms with Gasteiger partial charge in [-0.25, -0.2) is 4.98 Å². The second-order valence-corrected chi connectivity index (χ2v) is 8.20. The lowest BCUT2D eigenvalue weighted by molar-refractivity contribution is -0.137. The van der Waals surface area contributed by atoms with Crippen LogP contribution >= 0.6 is 23.0 Å². The summed E-state index contributed by atoms with van der Waals surface area (Å²) < 4.78 is 45.3. The third kappa shape index (κ3) is 5.69. The van der Waals surface area contributed by atoms with Crippen LogP contribution in [0.4, 0.5) is 19.0 Å². The van der Waals surface area contributed by atoms with E-state index in [0.717, 1.165) is 45.0 Å². The number of anilines is 1. The fourth-order valence-corrected chi connectivity index (χ4v) is 4.67. The van der Waals surface area contributed by atoms with Gasteiger partial charge in [-0.15, -0.1) is 0 Å². The molecule has 2 aliphatic heterocycles. The van der Waals surface area contributed by atoms with E-state index in [-0.39, 0.29) is 5.82 Å². The third-order valence-electron chi connectivity index (χ3n) is 5.68. The van der Waals surface area contributed by atoms with E-state index in [0.29, 0.717) is 25.0 Å². The summed E-state index contributed by atoms with van der Waals surface area (Å²) in [4.78, 5) is 8.46. The Balaban J connectivity index is 1.66. The molecule has 8 heteroatoms. The Morgan fingerprint density at radius 3 is 2.81 bits per heavy atom. The van der Waals surface area contributed by atoms with Gasteiger partial charge in [0.05, 0.1) is 12.2 Å². The van der Waals surface area contributed by atoms with Gasteiger partial charge < -0.3 is 7.97 Å². The van der Waals surface area contributed by atoms with Crippen molar-refractivity contribution < 1.29 is 16.2 Å². The molecule has 2 aliphatic rings. The van der Waals surface area contributed by atoms with E-state index in [2.05, 4.69) is 9.88 Å². The van der Waals surface area contributed by atoms with Crippen LogP contribution in [0, 0.1) is 5.92 Å². The van der Waals surface area contributed by atoms with Crippen LogP contribution in [0.1, 0.15) is 44.1 Å². The number of piperidine rings is 2. The van der Waals surface area contributed by atoms with Gasteiger partial charge in [-0.05, 0) is 56.7 Å². The maximum Gasteiger partial charge on any atom is 0.419 e. The first-order valence-corrected chi connectivity index (χ1v) is 10.6. The molecule has 0 radical (unpaired) electrons. The summed E-state index contributed by atoms with van der Waals surface area (Å²) in [6.07, 6.45) is 3.74. The molecule has 2 fully saturated rings. The number of pyridine rings is 1. The van der Waals surface area contributed by atoms with Crippen molar-refractivity contribution in [2.45, 2.75) is 50.7 Å². The summed E-state index contributed by atoms with van der Waals surface area (Å²) in [5.74, 6) is 0.464. The van der Waals surface area contributed by atoms with E-state index >= 15 is 0 Å². The molecule has 0 N–H and O–H groups in total. The predicted octanol–water partition coefficient (Wildman–Crippen LogP) is 4.93. The van der Waals surface area contributed by atoms with Crippen molar-refractivity contribution in [3.8, 4) is 0 Å². The molecule has 2 saturated heterocycles. The Kier molecular flexibility index (Phi) is 7.61. The minimum atomic E-state index is -4.37. The van der Waals surface area contributed by atoms with Gasteiger partial charge in [0, 0.05) is 31.9 Å². The number of nitrogens with zero attached hydrogens (tertiary/aromatic N) is 3. The van der Waals surface area contributed by atoms with Crippen molar-refractivity contribution in [1.82, 2.24) is 9.88 Å². The average molecular weight is 497 g/mol. The molecule has 0 aromatic carbocycles. The van der Waals surface area contributed by atoms with Crippen LogP contribution < -0.4 is 4.90 Å². The lowest BCUT2D eigenvalue weighted by atomic mass is 9.93. The maximum atomic E-state index is 13.4. The van der Waals surface area contributed by atoms with Crippen LogP contribution in [-0.2, 0) is 9.24 Å². The van der Waals surface area contributed by atoms with Crippen molar-refractivity contribution in [2.24, 2.45) is 5.92 Å². The smallest absolute Gasteiger partial charge is 0.356 e. The number of likely N-dealkylation sites (tertiary alicyclic amines) is 1. The Morgan fingerprint density at radius 2 is 2.04 bits per heavy atom. The molecule has 2 atom stereocenters. The molecule has 0 unspecified atom stereocenters. The van der Waals surface area contributed by atoms with Gasteiger partial charge in [0.25, 0.3) is 0 Å². The molecule has 0 aliphatic carbocycles. The fourth-order valence-electron chi connectivity index (χ4n) is 4.42. The van der Waals surface area contributed by atoms with Gasteiger partial charge in [-0.1, -0.05) is 6.42 Å². The van der Waals surface area contributed by atoms with E-state index in [1.54, 1.807) is 0 Å². The molecule has 4 nitrogen and oxygen atoms in total. The van der Waals surface area contributed by atoms with E-state index in [9.17, 15) is 13.2 Å². The molecule has 1 aromatic rings. The molecular weight excluding hydrogens is 470 g/mol. The van der Waals surface area contributed by atoms with E-state index in [4.69, 9.17) is 3.07 Å². The highest BCUT2D eigenvalue weighted by Crippen LogP contribution is 2.36. The van der Waals surface area contributed by atoms with Crippen LogP contribution in [0.3, 0.4) is 0 Å². The van der Waals surface area contributed by atoms with Crippen molar-refractivity contribution >= 4 is 28.8 Å². The van der Waals surface area contributed by atoms with Crippen molar-refractivity contribution in [3.63, 3.8) is 0 Å². The number of hydrogen-bond acceptors (Lipinski definition) is 4. The minimum absolute atomic E-state index is 0.0863. The Bertz CT molecular complexity index is 602. The number of aromatic nitrogens is 1. The van der Waals surface area contributed by atoms with Crippen molar-refractivity contribution in [3.05, 3.63) is 23.9 Å². The highest BCUT2D eigenvalue weighted by molar-refractivity contribution is 14.1. The van der Waals surface area contributed by atoms with Gasteiger partial charge in [0.1, 0.15) is 28.8 Å². The number of halogens is 4. The summed E-state index contributed by atoms with van der Waals surface area (Å²) in [6.45, 7) is 4.08. The zero-order valence-electron chi connectivity index (χ0n) is 15.4. The summed E-state index contributed by atoms with van der Waals surface area (Å²) in [7, 11) is 0. The summed E-state index contributed by atoms with van der Waals surface area (Å²) >= 11 is 1.94. The van der Waals surface area contributed by atoms with Gasteiger partial charge in [0.2, 0.25) is 0 Å². The normalized spacial score (nSPS) is 25.0. The lowest BCUT2D eigenvalue weighted by Gasteiger charge is -2.41. The maximum absolute atomic E-state index is 13.4. The first kappa shape index (κ1) is 21.1.